The van der Waals surface area contributed by atoms with Crippen molar-refractivity contribution < 1.29 is 26.0 Å². The molecule has 0 N–H and O–H groups in total. The summed E-state index contributed by atoms with van der Waals surface area (Å²) in [5.74, 6) is 0.761. The van der Waals surface area contributed by atoms with Crippen molar-refractivity contribution in [2.75, 3.05) is 7.05 Å². The van der Waals surface area contributed by atoms with Crippen LogP contribution in [0, 0.1) is 0 Å². The van der Waals surface area contributed by atoms with E-state index in [1.807, 2.05) is 20.8 Å². The Hall–Kier alpha value is -1.58. The van der Waals surface area contributed by atoms with E-state index in [-0.39, 0.29) is 11.3 Å². The topological polar surface area (TPSA) is 63.4 Å². The minimum atomic E-state index is -4.62. The lowest BCUT2D eigenvalue weighted by molar-refractivity contribution is -0.137. The molecule has 0 fully saturated rings. The Morgan fingerprint density at radius 1 is 1.22 bits per heavy atom. The number of benzene rings is 1. The molecule has 0 radical (unpaired) electrons. The summed E-state index contributed by atoms with van der Waals surface area (Å²) < 4.78 is 70.6. The third-order valence-corrected chi connectivity index (χ3v) is 6.49. The highest BCUT2D eigenvalue weighted by molar-refractivity contribution is 7.89. The third-order valence-electron chi connectivity index (χ3n) is 4.08. The maximum Gasteiger partial charge on any atom is 0.416 e. The number of sulfonamides is 1. The van der Waals surface area contributed by atoms with Crippen LogP contribution in [0.25, 0.3) is 0 Å². The highest BCUT2D eigenvalue weighted by atomic mass is 35.5. The van der Waals surface area contributed by atoms with E-state index in [9.17, 15) is 21.6 Å². The van der Waals surface area contributed by atoms with Crippen molar-refractivity contribution in [3.8, 4) is 0 Å². The van der Waals surface area contributed by atoms with Gasteiger partial charge >= 0.3 is 6.18 Å². The number of oxazole rings is 1. The van der Waals surface area contributed by atoms with Gasteiger partial charge in [0.05, 0.1) is 22.8 Å². The van der Waals surface area contributed by atoms with Gasteiger partial charge in [-0.05, 0) is 25.1 Å². The average Bonchev–Trinajstić information content (AvgIpc) is 3.02. The molecule has 2 rings (SSSR count). The Kier molecular flexibility index (Phi) is 5.71. The maximum atomic E-state index is 12.8. The van der Waals surface area contributed by atoms with E-state index in [4.69, 9.17) is 16.0 Å². The molecule has 10 heteroatoms. The van der Waals surface area contributed by atoms with Crippen molar-refractivity contribution in [2.45, 2.75) is 50.2 Å². The lowest BCUT2D eigenvalue weighted by Crippen LogP contribution is -2.30. The molecule has 0 saturated heterocycles. The fourth-order valence-electron chi connectivity index (χ4n) is 2.23. The molecule has 1 atom stereocenters. The SMILES string of the molecule is C[C@@H](c1ncc(C(C)(C)C)o1)N(C)S(=O)(=O)c1ccc(C(F)(F)F)cc1Cl. The van der Waals surface area contributed by atoms with Crippen LogP contribution in [0.5, 0.6) is 0 Å². The van der Waals surface area contributed by atoms with E-state index in [0.29, 0.717) is 17.9 Å². The van der Waals surface area contributed by atoms with E-state index >= 15 is 0 Å². The quantitative estimate of drug-likeness (QED) is 0.690. The van der Waals surface area contributed by atoms with E-state index in [1.165, 1.54) is 13.2 Å². The van der Waals surface area contributed by atoms with Crippen molar-refractivity contribution in [2.24, 2.45) is 0 Å². The summed E-state index contributed by atoms with van der Waals surface area (Å²) in [5.41, 5.74) is -1.33. The number of halogens is 4. The van der Waals surface area contributed by atoms with Crippen LogP contribution in [0.4, 0.5) is 13.2 Å². The third kappa shape index (κ3) is 4.47. The number of alkyl halides is 3. The summed E-state index contributed by atoms with van der Waals surface area (Å²) in [6.07, 6.45) is -3.09. The molecule has 0 saturated carbocycles. The molecule has 0 amide bonds. The van der Waals surface area contributed by atoms with E-state index < -0.39 is 37.7 Å². The molecule has 0 aliphatic rings. The standard InChI is InChI=1S/C17H20ClF3N2O3S/c1-10(15-22-9-14(26-15)16(2,3)4)23(5)27(24,25)13-7-6-11(8-12(13)18)17(19,20)21/h6-10H,1-5H3/t10-/m0/s1. The van der Waals surface area contributed by atoms with Crippen LogP contribution in [0.2, 0.25) is 5.02 Å². The molecule has 27 heavy (non-hydrogen) atoms. The van der Waals surface area contributed by atoms with Crippen LogP contribution in [0.1, 0.15) is 51.0 Å². The van der Waals surface area contributed by atoms with Gasteiger partial charge in [0, 0.05) is 12.5 Å². The second-order valence-corrected chi connectivity index (χ2v) is 9.53. The first kappa shape index (κ1) is 21.7. The van der Waals surface area contributed by atoms with Crippen molar-refractivity contribution >= 4 is 21.6 Å². The zero-order valence-electron chi connectivity index (χ0n) is 15.4. The number of aromatic nitrogens is 1. The van der Waals surface area contributed by atoms with E-state index in [0.717, 1.165) is 10.4 Å². The first-order chi connectivity index (χ1) is 12.2. The van der Waals surface area contributed by atoms with Gasteiger partial charge in [-0.3, -0.25) is 0 Å². The summed E-state index contributed by atoms with van der Waals surface area (Å²) in [5, 5.41) is -0.508. The fraction of sp³-hybridized carbons (Fsp3) is 0.471. The molecule has 5 nitrogen and oxygen atoms in total. The summed E-state index contributed by atoms with van der Waals surface area (Å²) in [7, 11) is -2.88. The van der Waals surface area contributed by atoms with Crippen molar-refractivity contribution in [1.29, 1.82) is 0 Å². The monoisotopic (exact) mass is 424 g/mol. The van der Waals surface area contributed by atoms with Gasteiger partial charge in [-0.1, -0.05) is 32.4 Å². The summed E-state index contributed by atoms with van der Waals surface area (Å²) in [6.45, 7) is 7.33. The Morgan fingerprint density at radius 3 is 2.26 bits per heavy atom. The number of hydrogen-bond donors (Lipinski definition) is 0. The van der Waals surface area contributed by atoms with Gasteiger partial charge < -0.3 is 4.42 Å². The molecule has 1 aromatic heterocycles. The van der Waals surface area contributed by atoms with Gasteiger partial charge in [0.25, 0.3) is 0 Å². The van der Waals surface area contributed by atoms with Crippen molar-refractivity contribution in [3.05, 3.63) is 46.6 Å². The molecular weight excluding hydrogens is 405 g/mol. The first-order valence-electron chi connectivity index (χ1n) is 7.96. The maximum absolute atomic E-state index is 12.8. The minimum absolute atomic E-state index is 0.175. The summed E-state index contributed by atoms with van der Waals surface area (Å²) in [6, 6.07) is 1.33. The van der Waals surface area contributed by atoms with Gasteiger partial charge in [0.15, 0.2) is 0 Å². The summed E-state index contributed by atoms with van der Waals surface area (Å²) >= 11 is 5.83. The van der Waals surface area contributed by atoms with Crippen LogP contribution in [0.15, 0.2) is 33.7 Å². The Labute approximate surface area is 161 Å². The van der Waals surface area contributed by atoms with Crippen LogP contribution in [-0.2, 0) is 21.6 Å². The highest BCUT2D eigenvalue weighted by Crippen LogP contribution is 2.36. The van der Waals surface area contributed by atoms with Crippen LogP contribution in [-0.4, -0.2) is 24.8 Å². The molecule has 0 spiro atoms. The minimum Gasteiger partial charge on any atom is -0.443 e. The predicted octanol–water partition coefficient (Wildman–Crippen LogP) is 5.03. The molecule has 1 aromatic carbocycles. The van der Waals surface area contributed by atoms with E-state index in [1.54, 1.807) is 6.92 Å². The van der Waals surface area contributed by atoms with Gasteiger partial charge in [0.2, 0.25) is 15.9 Å². The van der Waals surface area contributed by atoms with Gasteiger partial charge in [-0.15, -0.1) is 0 Å². The normalized spacial score (nSPS) is 14.6. The number of rotatable bonds is 4. The zero-order chi connectivity index (χ0) is 20.8. The Morgan fingerprint density at radius 2 is 1.81 bits per heavy atom. The van der Waals surface area contributed by atoms with Gasteiger partial charge in [0.1, 0.15) is 10.7 Å². The Bertz CT molecular complexity index is 934. The van der Waals surface area contributed by atoms with Crippen LogP contribution < -0.4 is 0 Å². The molecule has 2 aromatic rings. The van der Waals surface area contributed by atoms with Crippen LogP contribution in [0.3, 0.4) is 0 Å². The van der Waals surface area contributed by atoms with Gasteiger partial charge in [-0.2, -0.15) is 17.5 Å². The largest absolute Gasteiger partial charge is 0.443 e. The molecule has 0 unspecified atom stereocenters. The molecule has 0 aliphatic carbocycles. The number of hydrogen-bond acceptors (Lipinski definition) is 4. The fourth-order valence-corrected chi connectivity index (χ4v) is 4.07. The predicted molar refractivity (Wildman–Crippen MR) is 95.0 cm³/mol. The molecule has 0 aliphatic heterocycles. The van der Waals surface area contributed by atoms with Crippen molar-refractivity contribution in [3.63, 3.8) is 0 Å². The lowest BCUT2D eigenvalue weighted by Gasteiger charge is -2.23. The number of nitrogens with zero attached hydrogens (tertiary/aromatic N) is 2. The first-order valence-corrected chi connectivity index (χ1v) is 9.78. The Balaban J connectivity index is 2.37. The average molecular weight is 425 g/mol. The highest BCUT2D eigenvalue weighted by Gasteiger charge is 2.35. The summed E-state index contributed by atoms with van der Waals surface area (Å²) in [4.78, 5) is 3.70. The van der Waals surface area contributed by atoms with Gasteiger partial charge in [-0.25, -0.2) is 13.4 Å². The molecule has 150 valence electrons. The van der Waals surface area contributed by atoms with Crippen molar-refractivity contribution in [1.82, 2.24) is 9.29 Å². The smallest absolute Gasteiger partial charge is 0.416 e. The van der Waals surface area contributed by atoms with Crippen LogP contribution >= 0.6 is 11.6 Å². The lowest BCUT2D eigenvalue weighted by atomic mass is 9.94. The second-order valence-electron chi connectivity index (χ2n) is 7.15. The molecule has 1 heterocycles. The molecule has 0 bridgehead atoms. The second kappa shape index (κ2) is 7.10. The van der Waals surface area contributed by atoms with E-state index in [2.05, 4.69) is 4.98 Å². The molecular formula is C17H20ClF3N2O3S. The zero-order valence-corrected chi connectivity index (χ0v) is 17.0.